The number of anilines is 1. The van der Waals surface area contributed by atoms with E-state index in [-0.39, 0.29) is 11.6 Å². The van der Waals surface area contributed by atoms with Gasteiger partial charge in [-0.1, -0.05) is 13.0 Å². The zero-order valence-corrected chi connectivity index (χ0v) is 13.2. The summed E-state index contributed by atoms with van der Waals surface area (Å²) >= 11 is 0. The number of piperidine rings is 1. The monoisotopic (exact) mass is 305 g/mol. The lowest BCUT2D eigenvalue weighted by Gasteiger charge is -2.30. The second-order valence-electron chi connectivity index (χ2n) is 6.05. The van der Waals surface area contributed by atoms with Gasteiger partial charge in [0.25, 0.3) is 5.69 Å². The molecular weight excluding hydrogens is 282 g/mol. The van der Waals surface area contributed by atoms with Crippen LogP contribution in [-0.4, -0.2) is 35.4 Å². The Morgan fingerprint density at radius 1 is 1.50 bits per heavy atom. The smallest absolute Gasteiger partial charge is 0.274 e. The lowest BCUT2D eigenvalue weighted by Crippen LogP contribution is -2.36. The van der Waals surface area contributed by atoms with Gasteiger partial charge in [-0.25, -0.2) is 0 Å². The molecule has 0 bridgehead atoms. The lowest BCUT2D eigenvalue weighted by molar-refractivity contribution is -0.385. The minimum atomic E-state index is -0.430. The van der Waals surface area contributed by atoms with Gasteiger partial charge in [0.15, 0.2) is 0 Å². The minimum Gasteiger partial charge on any atom is -0.326 e. The van der Waals surface area contributed by atoms with Crippen molar-refractivity contribution in [1.29, 1.82) is 0 Å². The summed E-state index contributed by atoms with van der Waals surface area (Å²) in [5, 5.41) is 13.7. The Labute approximate surface area is 130 Å². The van der Waals surface area contributed by atoms with Gasteiger partial charge in [0.05, 0.1) is 16.2 Å². The van der Waals surface area contributed by atoms with Crippen molar-refractivity contribution in [2.45, 2.75) is 33.1 Å². The molecule has 0 aliphatic carbocycles. The van der Waals surface area contributed by atoms with Crippen LogP contribution in [0.4, 0.5) is 11.4 Å². The van der Waals surface area contributed by atoms with Gasteiger partial charge in [0.1, 0.15) is 0 Å². The van der Waals surface area contributed by atoms with E-state index in [0.29, 0.717) is 23.6 Å². The molecule has 1 heterocycles. The van der Waals surface area contributed by atoms with Crippen molar-refractivity contribution in [2.75, 3.05) is 25.0 Å². The van der Waals surface area contributed by atoms with Gasteiger partial charge >= 0.3 is 0 Å². The second kappa shape index (κ2) is 7.35. The molecule has 6 heteroatoms. The quantitative estimate of drug-likeness (QED) is 0.670. The predicted molar refractivity (Wildman–Crippen MR) is 85.9 cm³/mol. The minimum absolute atomic E-state index is 0.0302. The zero-order valence-electron chi connectivity index (χ0n) is 13.2. The molecule has 2 rings (SSSR count). The normalized spacial score (nSPS) is 18.9. The number of hydrogen-bond acceptors (Lipinski definition) is 4. The number of carbonyl (C=O) groups is 1. The number of hydrogen-bond donors (Lipinski definition) is 1. The highest BCUT2D eigenvalue weighted by Crippen LogP contribution is 2.25. The summed E-state index contributed by atoms with van der Waals surface area (Å²) in [6.07, 6.45) is 2.86. The average molecular weight is 305 g/mol. The summed E-state index contributed by atoms with van der Waals surface area (Å²) in [4.78, 5) is 24.9. The van der Waals surface area contributed by atoms with Gasteiger partial charge in [-0.15, -0.1) is 0 Å². The third-order valence-electron chi connectivity index (χ3n) is 4.17. The van der Waals surface area contributed by atoms with E-state index in [9.17, 15) is 14.9 Å². The van der Waals surface area contributed by atoms with Crippen LogP contribution in [0.1, 0.15) is 31.7 Å². The summed E-state index contributed by atoms with van der Waals surface area (Å²) in [5.41, 5.74) is 1.04. The molecule has 0 aromatic heterocycles. The second-order valence-corrected chi connectivity index (χ2v) is 6.05. The van der Waals surface area contributed by atoms with Crippen LogP contribution < -0.4 is 5.32 Å². The van der Waals surface area contributed by atoms with Crippen LogP contribution in [0, 0.1) is 23.0 Å². The summed E-state index contributed by atoms with van der Waals surface area (Å²) in [6.45, 7) is 6.72. The molecule has 1 N–H and O–H groups in total. The maximum absolute atomic E-state index is 12.1. The third kappa shape index (κ3) is 4.27. The number of carbonyl (C=O) groups excluding carboxylic acids is 1. The number of benzene rings is 1. The van der Waals surface area contributed by atoms with Crippen LogP contribution in [0.25, 0.3) is 0 Å². The fourth-order valence-corrected chi connectivity index (χ4v) is 2.92. The van der Waals surface area contributed by atoms with Gasteiger partial charge in [-0.05, 0) is 38.3 Å². The Balaban J connectivity index is 1.89. The highest BCUT2D eigenvalue weighted by Gasteiger charge is 2.18. The molecule has 1 aliphatic rings. The van der Waals surface area contributed by atoms with Crippen molar-refractivity contribution >= 4 is 17.3 Å². The van der Waals surface area contributed by atoms with Gasteiger partial charge in [0, 0.05) is 25.6 Å². The topological polar surface area (TPSA) is 75.5 Å². The molecule has 22 heavy (non-hydrogen) atoms. The zero-order chi connectivity index (χ0) is 16.1. The van der Waals surface area contributed by atoms with Crippen molar-refractivity contribution in [2.24, 2.45) is 5.92 Å². The van der Waals surface area contributed by atoms with Crippen LogP contribution in [0.2, 0.25) is 0 Å². The molecule has 0 saturated carbocycles. The van der Waals surface area contributed by atoms with E-state index in [4.69, 9.17) is 0 Å². The first kappa shape index (κ1) is 16.4. The Morgan fingerprint density at radius 2 is 2.27 bits per heavy atom. The maximum Gasteiger partial charge on any atom is 0.274 e. The molecule has 0 radical (unpaired) electrons. The molecule has 1 aliphatic heterocycles. The van der Waals surface area contributed by atoms with Crippen molar-refractivity contribution in [3.63, 3.8) is 0 Å². The first-order valence-electron chi connectivity index (χ1n) is 7.73. The largest absolute Gasteiger partial charge is 0.326 e. The van der Waals surface area contributed by atoms with E-state index < -0.39 is 4.92 Å². The lowest BCUT2D eigenvalue weighted by atomic mass is 10.0. The summed E-state index contributed by atoms with van der Waals surface area (Å²) < 4.78 is 0. The van der Waals surface area contributed by atoms with Gasteiger partial charge in [-0.3, -0.25) is 14.9 Å². The van der Waals surface area contributed by atoms with E-state index in [0.717, 1.165) is 19.6 Å². The van der Waals surface area contributed by atoms with E-state index in [1.165, 1.54) is 18.9 Å². The van der Waals surface area contributed by atoms with E-state index in [1.807, 2.05) is 0 Å². The van der Waals surface area contributed by atoms with Crippen molar-refractivity contribution in [3.8, 4) is 0 Å². The van der Waals surface area contributed by atoms with Crippen LogP contribution in [0.5, 0.6) is 0 Å². The van der Waals surface area contributed by atoms with Gasteiger partial charge in [0.2, 0.25) is 5.91 Å². The molecule has 120 valence electrons. The van der Waals surface area contributed by atoms with Gasteiger partial charge < -0.3 is 10.2 Å². The standard InChI is InChI=1S/C16H23N3O3/c1-12-5-4-9-18(11-12)10-8-16(20)17-14-6-3-7-15(13(14)2)19(21)22/h3,6-7,12H,4-5,8-11H2,1-2H3,(H,17,20). The van der Waals surface area contributed by atoms with E-state index in [1.54, 1.807) is 19.1 Å². The van der Waals surface area contributed by atoms with E-state index in [2.05, 4.69) is 17.1 Å². The number of amides is 1. The average Bonchev–Trinajstić information content (AvgIpc) is 2.47. The highest BCUT2D eigenvalue weighted by molar-refractivity contribution is 5.92. The van der Waals surface area contributed by atoms with Crippen LogP contribution in [-0.2, 0) is 4.79 Å². The Kier molecular flexibility index (Phi) is 5.49. The fraction of sp³-hybridized carbons (Fsp3) is 0.562. The molecule has 1 atom stereocenters. The Morgan fingerprint density at radius 3 is 2.95 bits per heavy atom. The number of nitro benzene ring substituents is 1. The summed E-state index contributed by atoms with van der Waals surface area (Å²) in [7, 11) is 0. The SMILES string of the molecule is Cc1c(NC(=O)CCN2CCCC(C)C2)cccc1[N+](=O)[O-]. The van der Waals surface area contributed by atoms with Crippen LogP contribution in [0.15, 0.2) is 18.2 Å². The Bertz CT molecular complexity index is 560. The number of nitro groups is 1. The molecule has 1 aromatic carbocycles. The van der Waals surface area contributed by atoms with Crippen molar-refractivity contribution < 1.29 is 9.72 Å². The molecular formula is C16H23N3O3. The molecule has 0 spiro atoms. The predicted octanol–water partition coefficient (Wildman–Crippen LogP) is 2.96. The Hall–Kier alpha value is -1.95. The van der Waals surface area contributed by atoms with Crippen molar-refractivity contribution in [3.05, 3.63) is 33.9 Å². The summed E-state index contributed by atoms with van der Waals surface area (Å²) in [5.74, 6) is 0.595. The fourth-order valence-electron chi connectivity index (χ4n) is 2.92. The van der Waals surface area contributed by atoms with Crippen LogP contribution in [0.3, 0.4) is 0 Å². The third-order valence-corrected chi connectivity index (χ3v) is 4.17. The molecule has 6 nitrogen and oxygen atoms in total. The van der Waals surface area contributed by atoms with E-state index >= 15 is 0 Å². The molecule has 1 fully saturated rings. The number of rotatable bonds is 5. The summed E-state index contributed by atoms with van der Waals surface area (Å²) in [6, 6.07) is 4.73. The highest BCUT2D eigenvalue weighted by atomic mass is 16.6. The maximum atomic E-state index is 12.1. The molecule has 1 saturated heterocycles. The molecule has 1 amide bonds. The van der Waals surface area contributed by atoms with Gasteiger partial charge in [-0.2, -0.15) is 0 Å². The first-order chi connectivity index (χ1) is 10.5. The van der Waals surface area contributed by atoms with Crippen molar-refractivity contribution in [1.82, 2.24) is 4.90 Å². The number of nitrogens with one attached hydrogen (secondary N) is 1. The first-order valence-corrected chi connectivity index (χ1v) is 7.73. The molecule has 1 unspecified atom stereocenters. The molecule has 1 aromatic rings. The number of nitrogens with zero attached hydrogens (tertiary/aromatic N) is 2. The van der Waals surface area contributed by atoms with Crippen LogP contribution >= 0.6 is 0 Å². The number of likely N-dealkylation sites (tertiary alicyclic amines) is 1.